The number of carbonyl (C=O) groups excluding carboxylic acids is 2. The summed E-state index contributed by atoms with van der Waals surface area (Å²) in [7, 11) is 0. The standard InChI is InChI=1S/C54H106N2O7/c1-5-9-13-17-21-25-30-50(31-26-22-18-14-10-6-2)48-62-53(58)36-44-60-46-41-55(38-39-56(40-43-57)52-34-29-35-52)42-47-61-45-37-54(59)63-49-51(32-27-23-19-15-11-7-3)33-28-24-20-16-12-8-4/h50-52,57H,5-49H2,1-4H3. The van der Waals surface area contributed by atoms with Crippen molar-refractivity contribution in [1.29, 1.82) is 0 Å². The van der Waals surface area contributed by atoms with Gasteiger partial charge in [0.1, 0.15) is 0 Å². The second-order valence-corrected chi connectivity index (χ2v) is 19.2. The summed E-state index contributed by atoms with van der Waals surface area (Å²) in [4.78, 5) is 30.3. The van der Waals surface area contributed by atoms with Gasteiger partial charge >= 0.3 is 11.9 Å². The van der Waals surface area contributed by atoms with Gasteiger partial charge in [-0.1, -0.05) is 188 Å². The van der Waals surface area contributed by atoms with Crippen molar-refractivity contribution >= 4 is 11.9 Å². The molecule has 1 N–H and O–H groups in total. The number of aliphatic hydroxyl groups excluding tert-OH is 1. The Labute approximate surface area is 390 Å². The van der Waals surface area contributed by atoms with Gasteiger partial charge in [-0.3, -0.25) is 19.4 Å². The lowest BCUT2D eigenvalue weighted by Crippen LogP contribution is -2.46. The number of hydrogen-bond donors (Lipinski definition) is 1. The summed E-state index contributed by atoms with van der Waals surface area (Å²) in [5.41, 5.74) is 0. The van der Waals surface area contributed by atoms with E-state index in [2.05, 4.69) is 37.5 Å². The first-order valence-corrected chi connectivity index (χ1v) is 27.5. The molecule has 0 spiro atoms. The molecule has 0 aliphatic heterocycles. The summed E-state index contributed by atoms with van der Waals surface area (Å²) in [5, 5.41) is 9.72. The van der Waals surface area contributed by atoms with Crippen LogP contribution >= 0.6 is 0 Å². The van der Waals surface area contributed by atoms with E-state index in [9.17, 15) is 14.7 Å². The van der Waals surface area contributed by atoms with Crippen LogP contribution in [0.4, 0.5) is 0 Å². The minimum atomic E-state index is -0.152. The Bertz CT molecular complexity index is 888. The molecule has 0 aromatic heterocycles. The number of ether oxygens (including phenoxy) is 4. The number of hydrogen-bond acceptors (Lipinski definition) is 9. The Hall–Kier alpha value is -1.26. The van der Waals surface area contributed by atoms with E-state index < -0.39 is 0 Å². The molecule has 1 fully saturated rings. The predicted molar refractivity (Wildman–Crippen MR) is 264 cm³/mol. The molecule has 1 aliphatic carbocycles. The Kier molecular flexibility index (Phi) is 43.5. The number of rotatable bonds is 50. The lowest BCUT2D eigenvalue weighted by molar-refractivity contribution is -0.147. The molecule has 374 valence electrons. The molecule has 0 bridgehead atoms. The molecule has 0 aromatic carbocycles. The van der Waals surface area contributed by atoms with Gasteiger partial charge < -0.3 is 24.1 Å². The van der Waals surface area contributed by atoms with Crippen molar-refractivity contribution < 1.29 is 33.6 Å². The van der Waals surface area contributed by atoms with E-state index in [1.807, 2.05) is 0 Å². The van der Waals surface area contributed by atoms with Gasteiger partial charge in [-0.2, -0.15) is 0 Å². The molecule has 0 saturated heterocycles. The number of unbranched alkanes of at least 4 members (excludes halogenated alkanes) is 20. The third kappa shape index (κ3) is 37.5. The van der Waals surface area contributed by atoms with Gasteiger partial charge in [0, 0.05) is 38.8 Å². The topological polar surface area (TPSA) is 97.8 Å². The van der Waals surface area contributed by atoms with Crippen LogP contribution in [0.2, 0.25) is 0 Å². The average Bonchev–Trinajstić information content (AvgIpc) is 3.26. The van der Waals surface area contributed by atoms with E-state index in [-0.39, 0.29) is 31.4 Å². The third-order valence-electron chi connectivity index (χ3n) is 13.5. The van der Waals surface area contributed by atoms with E-state index in [1.54, 1.807) is 0 Å². The van der Waals surface area contributed by atoms with Crippen molar-refractivity contribution in [2.45, 2.75) is 246 Å². The fourth-order valence-electron chi connectivity index (χ4n) is 8.91. The Morgan fingerprint density at radius 1 is 0.476 bits per heavy atom. The molecule has 0 radical (unpaired) electrons. The molecule has 9 nitrogen and oxygen atoms in total. The summed E-state index contributed by atoms with van der Waals surface area (Å²) < 4.78 is 23.6. The van der Waals surface area contributed by atoms with E-state index >= 15 is 0 Å². The second-order valence-electron chi connectivity index (χ2n) is 19.2. The molecule has 1 rings (SSSR count). The lowest BCUT2D eigenvalue weighted by Gasteiger charge is -2.38. The van der Waals surface area contributed by atoms with Crippen LogP contribution in [0.5, 0.6) is 0 Å². The maximum atomic E-state index is 12.8. The molecule has 9 heteroatoms. The third-order valence-corrected chi connectivity index (χ3v) is 13.5. The lowest BCUT2D eigenvalue weighted by atomic mass is 9.91. The Morgan fingerprint density at radius 3 is 1.17 bits per heavy atom. The number of aliphatic hydroxyl groups is 1. The van der Waals surface area contributed by atoms with Gasteiger partial charge in [0.15, 0.2) is 0 Å². The maximum Gasteiger partial charge on any atom is 0.308 e. The van der Waals surface area contributed by atoms with Crippen molar-refractivity contribution in [2.75, 3.05) is 79.0 Å². The van der Waals surface area contributed by atoms with Crippen molar-refractivity contribution in [3.05, 3.63) is 0 Å². The summed E-state index contributed by atoms with van der Waals surface area (Å²) >= 11 is 0. The van der Waals surface area contributed by atoms with Crippen LogP contribution in [0.15, 0.2) is 0 Å². The molecule has 0 unspecified atom stereocenters. The first-order valence-electron chi connectivity index (χ1n) is 27.5. The number of nitrogens with zero attached hydrogens (tertiary/aromatic N) is 2. The fraction of sp³-hybridized carbons (Fsp3) is 0.963. The Balaban J connectivity index is 2.50. The normalized spacial score (nSPS) is 13.2. The number of carbonyl (C=O) groups is 2. The van der Waals surface area contributed by atoms with Gasteiger partial charge in [0.2, 0.25) is 0 Å². The van der Waals surface area contributed by atoms with E-state index in [1.165, 1.54) is 173 Å². The smallest absolute Gasteiger partial charge is 0.308 e. The minimum Gasteiger partial charge on any atom is -0.465 e. The highest BCUT2D eigenvalue weighted by Crippen LogP contribution is 2.25. The minimum absolute atomic E-state index is 0.152. The molecule has 1 saturated carbocycles. The second kappa shape index (κ2) is 45.9. The van der Waals surface area contributed by atoms with E-state index in [4.69, 9.17) is 18.9 Å². The monoisotopic (exact) mass is 895 g/mol. The highest BCUT2D eigenvalue weighted by Gasteiger charge is 2.25. The van der Waals surface area contributed by atoms with E-state index in [0.717, 1.165) is 51.9 Å². The van der Waals surface area contributed by atoms with Gasteiger partial charge in [-0.15, -0.1) is 0 Å². The summed E-state index contributed by atoms with van der Waals surface area (Å²) in [6, 6.07) is 0.566. The average molecular weight is 895 g/mol. The molecule has 0 heterocycles. The molecule has 0 atom stereocenters. The van der Waals surface area contributed by atoms with Crippen LogP contribution in [0, 0.1) is 11.8 Å². The van der Waals surface area contributed by atoms with Gasteiger partial charge in [0.25, 0.3) is 0 Å². The van der Waals surface area contributed by atoms with Gasteiger partial charge in [-0.05, 0) is 50.4 Å². The molecule has 1 aliphatic rings. The van der Waals surface area contributed by atoms with Gasteiger partial charge in [-0.25, -0.2) is 0 Å². The number of esters is 2. The zero-order valence-electron chi connectivity index (χ0n) is 42.3. The molecular weight excluding hydrogens is 789 g/mol. The van der Waals surface area contributed by atoms with Crippen LogP contribution < -0.4 is 0 Å². The fourth-order valence-corrected chi connectivity index (χ4v) is 8.91. The van der Waals surface area contributed by atoms with Crippen molar-refractivity contribution in [1.82, 2.24) is 9.80 Å². The van der Waals surface area contributed by atoms with Gasteiger partial charge in [0.05, 0.1) is 59.1 Å². The summed E-state index contributed by atoms with van der Waals surface area (Å²) in [6.07, 6.45) is 39.9. The van der Waals surface area contributed by atoms with Crippen molar-refractivity contribution in [3.63, 3.8) is 0 Å². The largest absolute Gasteiger partial charge is 0.465 e. The van der Waals surface area contributed by atoms with Crippen LogP contribution in [0.25, 0.3) is 0 Å². The maximum absolute atomic E-state index is 12.8. The summed E-state index contributed by atoms with van der Waals surface area (Å²) in [5.74, 6) is 0.624. The first kappa shape index (κ1) is 59.8. The van der Waals surface area contributed by atoms with Crippen molar-refractivity contribution in [2.24, 2.45) is 11.8 Å². The predicted octanol–water partition coefficient (Wildman–Crippen LogP) is 13.3. The summed E-state index contributed by atoms with van der Waals surface area (Å²) in [6.45, 7) is 16.0. The zero-order valence-corrected chi connectivity index (χ0v) is 42.3. The highest BCUT2D eigenvalue weighted by atomic mass is 16.5. The van der Waals surface area contributed by atoms with E-state index in [0.29, 0.717) is 64.1 Å². The quantitative estimate of drug-likeness (QED) is 0.0473. The van der Waals surface area contributed by atoms with Crippen molar-refractivity contribution in [3.8, 4) is 0 Å². The zero-order chi connectivity index (χ0) is 45.7. The van der Waals surface area contributed by atoms with Crippen LogP contribution in [0.3, 0.4) is 0 Å². The molecule has 0 amide bonds. The van der Waals surface area contributed by atoms with Crippen LogP contribution in [0.1, 0.15) is 240 Å². The molecular formula is C54H106N2O7. The first-order chi connectivity index (χ1) is 31.0. The SMILES string of the molecule is CCCCCCCCC(CCCCCCCC)COC(=O)CCOCCN(CCOCCC(=O)OCC(CCCCCCCC)CCCCCCCC)CCN(CCO)C1CCC1. The van der Waals surface area contributed by atoms with Crippen LogP contribution in [-0.4, -0.2) is 112 Å². The Morgan fingerprint density at radius 2 is 0.841 bits per heavy atom. The highest BCUT2D eigenvalue weighted by molar-refractivity contribution is 5.69. The molecule has 0 aromatic rings. The molecule has 63 heavy (non-hydrogen) atoms. The van der Waals surface area contributed by atoms with Crippen LogP contribution in [-0.2, 0) is 28.5 Å².